The van der Waals surface area contributed by atoms with E-state index in [9.17, 15) is 0 Å². The Morgan fingerprint density at radius 3 is 2.92 bits per heavy atom. The van der Waals surface area contributed by atoms with E-state index in [1.807, 2.05) is 24.3 Å². The normalized spacial score (nSPS) is 11.8. The van der Waals surface area contributed by atoms with E-state index in [1.165, 1.54) is 11.1 Å². The van der Waals surface area contributed by atoms with E-state index in [0.29, 0.717) is 6.54 Å². The minimum atomic E-state index is 0.692. The van der Waals surface area contributed by atoms with Gasteiger partial charge in [0.2, 0.25) is 0 Å². The lowest BCUT2D eigenvalue weighted by Gasteiger charge is -2.01. The Labute approximate surface area is 84.2 Å². The minimum absolute atomic E-state index is 0.692. The zero-order valence-electron chi connectivity index (χ0n) is 7.76. The van der Waals surface area contributed by atoms with E-state index in [4.69, 9.17) is 17.3 Å². The highest BCUT2D eigenvalue weighted by molar-refractivity contribution is 6.30. The molecule has 0 bridgehead atoms. The zero-order valence-corrected chi connectivity index (χ0v) is 8.51. The van der Waals surface area contributed by atoms with Gasteiger partial charge in [-0.1, -0.05) is 29.8 Å². The van der Waals surface area contributed by atoms with E-state index >= 15 is 0 Å². The highest BCUT2D eigenvalue weighted by atomic mass is 35.5. The molecule has 1 nitrogen and oxygen atoms in total. The number of benzene rings is 1. The molecular weight excluding hydrogens is 182 g/mol. The highest BCUT2D eigenvalue weighted by Gasteiger charge is 1.95. The van der Waals surface area contributed by atoms with Gasteiger partial charge in [-0.3, -0.25) is 0 Å². The number of hydrogen-bond donors (Lipinski definition) is 1. The van der Waals surface area contributed by atoms with E-state index in [0.717, 1.165) is 11.4 Å². The molecule has 0 heterocycles. The van der Waals surface area contributed by atoms with Crippen molar-refractivity contribution < 1.29 is 0 Å². The molecule has 0 saturated carbocycles. The average molecular weight is 196 g/mol. The Bertz CT molecular complexity index is 305. The Morgan fingerprint density at radius 2 is 2.31 bits per heavy atom. The molecule has 0 amide bonds. The molecule has 1 rings (SSSR count). The third-order valence-electron chi connectivity index (χ3n) is 1.90. The number of hydrogen-bond acceptors (Lipinski definition) is 1. The monoisotopic (exact) mass is 195 g/mol. The second-order valence-corrected chi connectivity index (χ2v) is 3.41. The van der Waals surface area contributed by atoms with Crippen LogP contribution in [0.1, 0.15) is 18.9 Å². The summed E-state index contributed by atoms with van der Waals surface area (Å²) in [5.74, 6) is 0. The topological polar surface area (TPSA) is 26.0 Å². The third-order valence-corrected chi connectivity index (χ3v) is 2.13. The smallest absolute Gasteiger partial charge is 0.0412 e. The third kappa shape index (κ3) is 3.21. The van der Waals surface area contributed by atoms with Gasteiger partial charge in [0.05, 0.1) is 0 Å². The molecule has 0 aliphatic heterocycles. The quantitative estimate of drug-likeness (QED) is 0.788. The first kappa shape index (κ1) is 10.3. The van der Waals surface area contributed by atoms with Crippen molar-refractivity contribution in [1.29, 1.82) is 0 Å². The fourth-order valence-corrected chi connectivity index (χ4v) is 1.34. The molecule has 1 aromatic carbocycles. The predicted octanol–water partition coefficient (Wildman–Crippen LogP) is 3.09. The van der Waals surface area contributed by atoms with Crippen molar-refractivity contribution in [2.24, 2.45) is 5.73 Å². The first-order valence-electron chi connectivity index (χ1n) is 4.37. The van der Waals surface area contributed by atoms with Crippen LogP contribution in [0.15, 0.2) is 30.3 Å². The van der Waals surface area contributed by atoms with E-state index in [2.05, 4.69) is 13.0 Å². The first-order chi connectivity index (χ1) is 6.24. The van der Waals surface area contributed by atoms with Crippen LogP contribution in [0.3, 0.4) is 0 Å². The van der Waals surface area contributed by atoms with Crippen LogP contribution in [0.2, 0.25) is 5.02 Å². The van der Waals surface area contributed by atoms with Gasteiger partial charge in [0.1, 0.15) is 0 Å². The average Bonchev–Trinajstić information content (AvgIpc) is 2.14. The van der Waals surface area contributed by atoms with Crippen molar-refractivity contribution >= 4 is 17.2 Å². The second-order valence-electron chi connectivity index (χ2n) is 2.97. The van der Waals surface area contributed by atoms with Gasteiger partial charge < -0.3 is 5.73 Å². The Balaban J connectivity index is 2.82. The summed E-state index contributed by atoms with van der Waals surface area (Å²) in [5.41, 5.74) is 7.81. The molecule has 0 unspecified atom stereocenters. The maximum Gasteiger partial charge on any atom is 0.0412 e. The molecular formula is C11H14ClN. The van der Waals surface area contributed by atoms with Gasteiger partial charge in [-0.05, 0) is 43.2 Å². The molecule has 0 fully saturated rings. The summed E-state index contributed by atoms with van der Waals surface area (Å²) in [7, 11) is 0. The molecule has 0 radical (unpaired) electrons. The number of rotatable bonds is 3. The van der Waals surface area contributed by atoms with E-state index in [-0.39, 0.29) is 0 Å². The van der Waals surface area contributed by atoms with Gasteiger partial charge in [-0.15, -0.1) is 0 Å². The molecule has 2 N–H and O–H groups in total. The summed E-state index contributed by atoms with van der Waals surface area (Å²) in [6.07, 6.45) is 3.05. The fraction of sp³-hybridized carbons (Fsp3) is 0.273. The van der Waals surface area contributed by atoms with Crippen molar-refractivity contribution in [3.63, 3.8) is 0 Å². The molecule has 13 heavy (non-hydrogen) atoms. The lowest BCUT2D eigenvalue weighted by atomic mass is 10.1. The Hall–Kier alpha value is -0.790. The lowest BCUT2D eigenvalue weighted by molar-refractivity contribution is 1.01. The molecule has 0 aromatic heterocycles. The van der Waals surface area contributed by atoms with Gasteiger partial charge in [0, 0.05) is 5.02 Å². The summed E-state index contributed by atoms with van der Waals surface area (Å²) >= 11 is 5.87. The molecule has 0 spiro atoms. The predicted molar refractivity (Wildman–Crippen MR) is 58.8 cm³/mol. The minimum Gasteiger partial charge on any atom is -0.330 e. The van der Waals surface area contributed by atoms with Crippen LogP contribution in [0.5, 0.6) is 0 Å². The first-order valence-corrected chi connectivity index (χ1v) is 4.74. The zero-order chi connectivity index (χ0) is 9.68. The Kier molecular flexibility index (Phi) is 4.00. The number of allylic oxidation sites excluding steroid dienone is 1. The van der Waals surface area contributed by atoms with Gasteiger partial charge in [0.15, 0.2) is 0 Å². The summed E-state index contributed by atoms with van der Waals surface area (Å²) in [5, 5.41) is 0.776. The van der Waals surface area contributed by atoms with Gasteiger partial charge >= 0.3 is 0 Å². The standard InChI is InChI=1S/C11H14ClN/c1-9(4-3-7-13)10-5-2-6-11(12)8-10/h2,4-6,8H,3,7,13H2,1H3. The van der Waals surface area contributed by atoms with Crippen LogP contribution in [-0.4, -0.2) is 6.54 Å². The molecule has 1 aromatic rings. The van der Waals surface area contributed by atoms with Gasteiger partial charge in [-0.2, -0.15) is 0 Å². The van der Waals surface area contributed by atoms with Crippen LogP contribution >= 0.6 is 11.6 Å². The van der Waals surface area contributed by atoms with Gasteiger partial charge in [0.25, 0.3) is 0 Å². The van der Waals surface area contributed by atoms with Crippen LogP contribution in [-0.2, 0) is 0 Å². The van der Waals surface area contributed by atoms with Crippen molar-refractivity contribution in [1.82, 2.24) is 0 Å². The van der Waals surface area contributed by atoms with E-state index < -0.39 is 0 Å². The summed E-state index contributed by atoms with van der Waals surface area (Å²) in [4.78, 5) is 0. The number of nitrogens with two attached hydrogens (primary N) is 1. The largest absolute Gasteiger partial charge is 0.330 e. The van der Waals surface area contributed by atoms with Crippen LogP contribution < -0.4 is 5.73 Å². The van der Waals surface area contributed by atoms with Crippen molar-refractivity contribution in [2.45, 2.75) is 13.3 Å². The highest BCUT2D eigenvalue weighted by Crippen LogP contribution is 2.18. The lowest BCUT2D eigenvalue weighted by Crippen LogP contribution is -1.95. The molecule has 0 atom stereocenters. The van der Waals surface area contributed by atoms with Crippen LogP contribution in [0.25, 0.3) is 5.57 Å². The molecule has 0 aliphatic rings. The van der Waals surface area contributed by atoms with E-state index in [1.54, 1.807) is 0 Å². The molecule has 2 heteroatoms. The van der Waals surface area contributed by atoms with Crippen molar-refractivity contribution in [3.05, 3.63) is 40.9 Å². The maximum absolute atomic E-state index is 5.87. The Morgan fingerprint density at radius 1 is 1.54 bits per heavy atom. The molecule has 0 aliphatic carbocycles. The van der Waals surface area contributed by atoms with Crippen LogP contribution in [0, 0.1) is 0 Å². The van der Waals surface area contributed by atoms with Crippen molar-refractivity contribution in [3.8, 4) is 0 Å². The summed E-state index contributed by atoms with van der Waals surface area (Å²) in [6, 6.07) is 7.84. The SMILES string of the molecule is CC(=CCCN)c1cccc(Cl)c1. The fourth-order valence-electron chi connectivity index (χ4n) is 1.15. The van der Waals surface area contributed by atoms with Gasteiger partial charge in [-0.25, -0.2) is 0 Å². The van der Waals surface area contributed by atoms with Crippen LogP contribution in [0.4, 0.5) is 0 Å². The van der Waals surface area contributed by atoms with Crippen molar-refractivity contribution in [2.75, 3.05) is 6.54 Å². The number of halogens is 1. The second kappa shape index (κ2) is 5.05. The summed E-state index contributed by atoms with van der Waals surface area (Å²) < 4.78 is 0. The maximum atomic E-state index is 5.87. The summed E-state index contributed by atoms with van der Waals surface area (Å²) in [6.45, 7) is 2.76. The molecule has 0 saturated heterocycles. The molecule has 70 valence electrons.